The zero-order chi connectivity index (χ0) is 19.7. The van der Waals surface area contributed by atoms with E-state index in [0.717, 1.165) is 5.56 Å². The summed E-state index contributed by atoms with van der Waals surface area (Å²) in [5.74, 6) is 1.08. The minimum Gasteiger partial charge on any atom is -0.496 e. The van der Waals surface area contributed by atoms with Crippen LogP contribution < -0.4 is 20.3 Å². The lowest BCUT2D eigenvalue weighted by Crippen LogP contribution is -2.08. The first-order valence-electron chi connectivity index (χ1n) is 8.59. The zero-order valence-corrected chi connectivity index (χ0v) is 15.3. The fraction of sp³-hybridized carbons (Fsp3) is 0.0909. The average molecular weight is 375 g/mol. The molecule has 0 amide bonds. The first-order chi connectivity index (χ1) is 13.6. The van der Waals surface area contributed by atoms with Crippen molar-refractivity contribution in [1.29, 1.82) is 0 Å². The van der Waals surface area contributed by atoms with Crippen molar-refractivity contribution in [2.45, 2.75) is 0 Å². The van der Waals surface area contributed by atoms with Crippen molar-refractivity contribution in [3.8, 4) is 33.9 Å². The number of pyridine rings is 1. The topological polar surface area (TPSA) is 81.5 Å². The van der Waals surface area contributed by atoms with Crippen molar-refractivity contribution in [3.05, 3.63) is 81.4 Å². The van der Waals surface area contributed by atoms with E-state index in [1.807, 2.05) is 30.3 Å². The molecule has 0 fully saturated rings. The van der Waals surface area contributed by atoms with Crippen molar-refractivity contribution >= 4 is 11.0 Å². The third-order valence-electron chi connectivity index (χ3n) is 4.52. The maximum atomic E-state index is 13.0. The molecule has 0 radical (unpaired) electrons. The van der Waals surface area contributed by atoms with E-state index in [4.69, 9.17) is 13.9 Å². The van der Waals surface area contributed by atoms with Crippen molar-refractivity contribution in [1.82, 2.24) is 4.98 Å². The second kappa shape index (κ2) is 7.08. The molecule has 1 N–H and O–H groups in total. The standard InChI is InChI=1S/C22H17NO5/c1-26-18-11-19(27-2)21-16(25)10-17(13-6-4-3-5-7-13)28-22(21)20(18)14-12-23-9-8-15(14)24/h3-12H,1-2H3,(H,23,24). The van der Waals surface area contributed by atoms with Crippen LogP contribution in [0.2, 0.25) is 0 Å². The molecule has 0 atom stereocenters. The first-order valence-corrected chi connectivity index (χ1v) is 8.59. The van der Waals surface area contributed by atoms with Crippen molar-refractivity contribution in [3.63, 3.8) is 0 Å². The van der Waals surface area contributed by atoms with Gasteiger partial charge in [-0.1, -0.05) is 30.3 Å². The molecule has 0 saturated carbocycles. The molecule has 0 saturated heterocycles. The Morgan fingerprint density at radius 3 is 2.32 bits per heavy atom. The summed E-state index contributed by atoms with van der Waals surface area (Å²) in [4.78, 5) is 28.4. The van der Waals surface area contributed by atoms with Crippen molar-refractivity contribution in [2.24, 2.45) is 0 Å². The first kappa shape index (κ1) is 17.6. The lowest BCUT2D eigenvalue weighted by molar-refractivity contribution is 0.397. The maximum absolute atomic E-state index is 13.0. The summed E-state index contributed by atoms with van der Waals surface area (Å²) in [6.07, 6.45) is 3.09. The predicted octanol–water partition coefficient (Wildman–Crippen LogP) is 3.83. The van der Waals surface area contributed by atoms with Crippen LogP contribution in [-0.4, -0.2) is 19.2 Å². The number of hydrogen-bond donors (Lipinski definition) is 1. The number of fused-ring (bicyclic) bond motifs is 1. The van der Waals surface area contributed by atoms with Crippen molar-refractivity contribution in [2.75, 3.05) is 14.2 Å². The second-order valence-electron chi connectivity index (χ2n) is 6.12. The van der Waals surface area contributed by atoms with Crippen LogP contribution in [0.3, 0.4) is 0 Å². The van der Waals surface area contributed by atoms with Gasteiger partial charge in [-0.05, 0) is 0 Å². The summed E-state index contributed by atoms with van der Waals surface area (Å²) in [6.45, 7) is 0. The summed E-state index contributed by atoms with van der Waals surface area (Å²) >= 11 is 0. The van der Waals surface area contributed by atoms with Gasteiger partial charge in [-0.3, -0.25) is 9.59 Å². The van der Waals surface area contributed by atoms with Crippen molar-refractivity contribution < 1.29 is 13.9 Å². The number of hydrogen-bond acceptors (Lipinski definition) is 5. The molecule has 2 aromatic heterocycles. The number of H-pyrrole nitrogens is 1. The van der Waals surface area contributed by atoms with Crippen LogP contribution in [0.5, 0.6) is 11.5 Å². The number of methoxy groups -OCH3 is 2. The Morgan fingerprint density at radius 1 is 0.893 bits per heavy atom. The second-order valence-corrected chi connectivity index (χ2v) is 6.12. The van der Waals surface area contributed by atoms with E-state index >= 15 is 0 Å². The Hall–Kier alpha value is -3.80. The minimum absolute atomic E-state index is 0.226. The van der Waals surface area contributed by atoms with Gasteiger partial charge in [0.1, 0.15) is 22.6 Å². The van der Waals surface area contributed by atoms with Gasteiger partial charge in [0.2, 0.25) is 0 Å². The van der Waals surface area contributed by atoms with Gasteiger partial charge in [0.25, 0.3) is 0 Å². The quantitative estimate of drug-likeness (QED) is 0.586. The van der Waals surface area contributed by atoms with E-state index in [1.165, 1.54) is 32.5 Å². The van der Waals surface area contributed by atoms with Gasteiger partial charge in [-0.2, -0.15) is 0 Å². The molecular weight excluding hydrogens is 358 g/mol. The molecule has 0 spiro atoms. The number of nitrogens with one attached hydrogen (secondary N) is 1. The monoisotopic (exact) mass is 375 g/mol. The molecule has 0 aliphatic heterocycles. The zero-order valence-electron chi connectivity index (χ0n) is 15.3. The molecule has 0 bridgehead atoms. The maximum Gasteiger partial charge on any atom is 0.197 e. The smallest absolute Gasteiger partial charge is 0.197 e. The number of benzene rings is 2. The lowest BCUT2D eigenvalue weighted by atomic mass is 10.0. The summed E-state index contributed by atoms with van der Waals surface area (Å²) in [7, 11) is 2.95. The molecule has 2 heterocycles. The SMILES string of the molecule is COc1cc(OC)c2c(=O)cc(-c3ccccc3)oc2c1-c1c[nH]ccc1=O. The van der Waals surface area contributed by atoms with Gasteiger partial charge in [0.05, 0.1) is 25.3 Å². The lowest BCUT2D eigenvalue weighted by Gasteiger charge is -2.14. The molecule has 140 valence electrons. The van der Waals surface area contributed by atoms with E-state index in [1.54, 1.807) is 12.3 Å². The largest absolute Gasteiger partial charge is 0.496 e. The van der Waals surface area contributed by atoms with Gasteiger partial charge in [-0.15, -0.1) is 0 Å². The normalized spacial score (nSPS) is 10.8. The Kier molecular flexibility index (Phi) is 4.45. The van der Waals surface area contributed by atoms with Gasteiger partial charge >= 0.3 is 0 Å². The predicted molar refractivity (Wildman–Crippen MR) is 107 cm³/mol. The van der Waals surface area contributed by atoms with E-state index in [-0.39, 0.29) is 21.8 Å². The summed E-state index contributed by atoms with van der Waals surface area (Å²) in [5, 5.41) is 0.251. The Morgan fingerprint density at radius 2 is 1.64 bits per heavy atom. The van der Waals surface area contributed by atoms with Crippen LogP contribution in [0.25, 0.3) is 33.4 Å². The van der Waals surface area contributed by atoms with Crippen LogP contribution in [0.15, 0.2) is 74.9 Å². The molecule has 6 heteroatoms. The van der Waals surface area contributed by atoms with Gasteiger partial charge < -0.3 is 18.9 Å². The van der Waals surface area contributed by atoms with Crippen LogP contribution in [0, 0.1) is 0 Å². The Bertz CT molecular complexity index is 1270. The minimum atomic E-state index is -0.270. The molecule has 2 aromatic carbocycles. The van der Waals surface area contributed by atoms with Crippen LogP contribution >= 0.6 is 0 Å². The highest BCUT2D eigenvalue weighted by molar-refractivity contribution is 5.99. The fourth-order valence-electron chi connectivity index (χ4n) is 3.21. The van der Waals surface area contributed by atoms with Gasteiger partial charge in [0.15, 0.2) is 16.4 Å². The van der Waals surface area contributed by atoms with E-state index in [0.29, 0.717) is 28.4 Å². The molecule has 0 aliphatic rings. The molecule has 0 unspecified atom stereocenters. The molecule has 0 aliphatic carbocycles. The summed E-state index contributed by atoms with van der Waals surface area (Å²) in [5.41, 5.74) is 1.22. The molecular formula is C22H17NO5. The third kappa shape index (κ3) is 2.85. The summed E-state index contributed by atoms with van der Waals surface area (Å²) in [6, 6.07) is 13.7. The molecule has 4 rings (SSSR count). The average Bonchev–Trinajstić information content (AvgIpc) is 2.73. The number of aromatic nitrogens is 1. The van der Waals surface area contributed by atoms with Crippen LogP contribution in [0.4, 0.5) is 0 Å². The number of aromatic amines is 1. The fourth-order valence-corrected chi connectivity index (χ4v) is 3.21. The van der Waals surface area contributed by atoms with E-state index < -0.39 is 0 Å². The van der Waals surface area contributed by atoms with Crippen LogP contribution in [0.1, 0.15) is 0 Å². The highest BCUT2D eigenvalue weighted by Crippen LogP contribution is 2.40. The summed E-state index contributed by atoms with van der Waals surface area (Å²) < 4.78 is 17.0. The van der Waals surface area contributed by atoms with Crippen LogP contribution in [-0.2, 0) is 0 Å². The molecule has 4 aromatic rings. The van der Waals surface area contributed by atoms with Gasteiger partial charge in [-0.25, -0.2) is 0 Å². The highest BCUT2D eigenvalue weighted by atomic mass is 16.5. The number of ether oxygens (including phenoxy) is 2. The Labute approximate surface area is 160 Å². The number of rotatable bonds is 4. The third-order valence-corrected chi connectivity index (χ3v) is 4.52. The Balaban J connectivity index is 2.18. The van der Waals surface area contributed by atoms with Gasteiger partial charge in [0, 0.05) is 36.2 Å². The van der Waals surface area contributed by atoms with E-state index in [2.05, 4.69) is 4.98 Å². The highest BCUT2D eigenvalue weighted by Gasteiger charge is 2.22. The molecule has 6 nitrogen and oxygen atoms in total. The van der Waals surface area contributed by atoms with E-state index in [9.17, 15) is 9.59 Å². The molecule has 28 heavy (non-hydrogen) atoms.